The molecule has 0 aliphatic carbocycles. The topological polar surface area (TPSA) is 70.6 Å². The molecule has 3 heterocycles. The van der Waals surface area contributed by atoms with Crippen molar-refractivity contribution in [3.8, 4) is 0 Å². The van der Waals surface area contributed by atoms with Gasteiger partial charge in [0, 0.05) is 33.2 Å². The molecule has 1 aromatic carbocycles. The fraction of sp³-hybridized carbons (Fsp3) is 0.381. The fourth-order valence-corrected chi connectivity index (χ4v) is 4.64. The molecule has 158 valence electrons. The molecule has 1 aliphatic rings. The first kappa shape index (κ1) is 20.5. The van der Waals surface area contributed by atoms with Crippen LogP contribution in [0.3, 0.4) is 0 Å². The Hall–Kier alpha value is -2.78. The molecule has 1 saturated heterocycles. The number of amides is 1. The van der Waals surface area contributed by atoms with Crippen LogP contribution < -0.4 is 15.1 Å². The van der Waals surface area contributed by atoms with E-state index in [0.717, 1.165) is 34.7 Å². The number of likely N-dealkylation sites (N-methyl/N-ethyl adjacent to an activating group) is 1. The van der Waals surface area contributed by atoms with Gasteiger partial charge >= 0.3 is 0 Å². The van der Waals surface area contributed by atoms with Crippen LogP contribution in [0.2, 0.25) is 0 Å². The lowest BCUT2D eigenvalue weighted by molar-refractivity contribution is 0.0958. The minimum absolute atomic E-state index is 0.148. The maximum atomic E-state index is 13.9. The summed E-state index contributed by atoms with van der Waals surface area (Å²) in [7, 11) is 1.81. The number of fused-ring (bicyclic) bond motifs is 1. The number of aryl methyl sites for hydroxylation is 1. The number of thiophene rings is 1. The zero-order valence-electron chi connectivity index (χ0n) is 17.0. The van der Waals surface area contributed by atoms with E-state index in [0.29, 0.717) is 36.9 Å². The highest BCUT2D eigenvalue weighted by atomic mass is 32.1. The maximum absolute atomic E-state index is 13.9. The number of benzene rings is 1. The predicted octanol–water partition coefficient (Wildman–Crippen LogP) is 2.84. The van der Waals surface area contributed by atoms with Gasteiger partial charge in [0.2, 0.25) is 0 Å². The number of carbonyl (C=O) groups excluding carboxylic acids is 1. The van der Waals surface area contributed by atoms with Gasteiger partial charge in [0.25, 0.3) is 5.91 Å². The van der Waals surface area contributed by atoms with Crippen LogP contribution in [-0.4, -0.2) is 62.3 Å². The van der Waals surface area contributed by atoms with Crippen molar-refractivity contribution in [2.75, 3.05) is 56.2 Å². The molecule has 30 heavy (non-hydrogen) atoms. The van der Waals surface area contributed by atoms with E-state index in [-0.39, 0.29) is 11.7 Å². The van der Waals surface area contributed by atoms with Crippen molar-refractivity contribution in [2.45, 2.75) is 6.92 Å². The number of carbonyl (C=O) groups is 1. The van der Waals surface area contributed by atoms with Crippen molar-refractivity contribution in [3.05, 3.63) is 46.9 Å². The Morgan fingerprint density at radius 1 is 1.30 bits per heavy atom. The Balaban J connectivity index is 1.47. The predicted molar refractivity (Wildman–Crippen MR) is 117 cm³/mol. The Labute approximate surface area is 178 Å². The molecule has 7 nitrogen and oxygen atoms in total. The molecule has 1 fully saturated rings. The van der Waals surface area contributed by atoms with E-state index in [1.807, 2.05) is 6.92 Å². The summed E-state index contributed by atoms with van der Waals surface area (Å²) in [5.41, 5.74) is 1.40. The summed E-state index contributed by atoms with van der Waals surface area (Å²) in [6.45, 7) is 5.70. The van der Waals surface area contributed by atoms with Gasteiger partial charge in [-0.05, 0) is 24.6 Å². The molecule has 1 aliphatic heterocycles. The number of hydrogen-bond donors (Lipinski definition) is 1. The van der Waals surface area contributed by atoms with Gasteiger partial charge in [-0.25, -0.2) is 14.4 Å². The van der Waals surface area contributed by atoms with Crippen molar-refractivity contribution in [2.24, 2.45) is 0 Å². The lowest BCUT2D eigenvalue weighted by Gasteiger charge is -2.28. The second-order valence-corrected chi connectivity index (χ2v) is 8.16. The van der Waals surface area contributed by atoms with Gasteiger partial charge in [-0.1, -0.05) is 12.1 Å². The number of morpholine rings is 1. The van der Waals surface area contributed by atoms with Crippen LogP contribution in [0, 0.1) is 12.7 Å². The van der Waals surface area contributed by atoms with Gasteiger partial charge in [0.1, 0.15) is 22.8 Å². The third-order valence-electron chi connectivity index (χ3n) is 5.22. The van der Waals surface area contributed by atoms with E-state index in [9.17, 15) is 9.18 Å². The van der Waals surface area contributed by atoms with Crippen molar-refractivity contribution < 1.29 is 13.9 Å². The van der Waals surface area contributed by atoms with Gasteiger partial charge in [-0.3, -0.25) is 4.79 Å². The molecule has 1 amide bonds. The summed E-state index contributed by atoms with van der Waals surface area (Å²) >= 11 is 1.37. The minimum Gasteiger partial charge on any atom is -0.378 e. The average molecular weight is 430 g/mol. The van der Waals surface area contributed by atoms with Gasteiger partial charge in [-0.2, -0.15) is 0 Å². The number of nitrogens with one attached hydrogen (secondary N) is 1. The first-order valence-electron chi connectivity index (χ1n) is 9.87. The van der Waals surface area contributed by atoms with E-state index in [1.165, 1.54) is 17.4 Å². The highest BCUT2D eigenvalue weighted by molar-refractivity contribution is 7.20. The summed E-state index contributed by atoms with van der Waals surface area (Å²) in [6.07, 6.45) is 1.55. The Kier molecular flexibility index (Phi) is 6.10. The van der Waals surface area contributed by atoms with E-state index >= 15 is 0 Å². The van der Waals surface area contributed by atoms with Crippen molar-refractivity contribution in [1.29, 1.82) is 0 Å². The summed E-state index contributed by atoms with van der Waals surface area (Å²) < 4.78 is 19.3. The molecule has 0 atom stereocenters. The average Bonchev–Trinajstić information content (AvgIpc) is 3.11. The van der Waals surface area contributed by atoms with Crippen LogP contribution in [0.1, 0.15) is 15.2 Å². The fourth-order valence-electron chi connectivity index (χ4n) is 3.58. The summed E-state index contributed by atoms with van der Waals surface area (Å²) in [4.78, 5) is 27.1. The van der Waals surface area contributed by atoms with Crippen LogP contribution >= 0.6 is 11.3 Å². The zero-order chi connectivity index (χ0) is 21.1. The monoisotopic (exact) mass is 429 g/mol. The highest BCUT2D eigenvalue weighted by Gasteiger charge is 2.23. The molecule has 3 aromatic rings. The number of rotatable bonds is 6. The van der Waals surface area contributed by atoms with Gasteiger partial charge < -0.3 is 19.9 Å². The number of para-hydroxylation sites is 1. The van der Waals surface area contributed by atoms with E-state index in [2.05, 4.69) is 20.2 Å². The molecule has 2 aromatic heterocycles. The standard InChI is InChI=1S/C21H24FN5O2S/c1-14-17-19(27-9-11-29-12-10-27)24-13-25-21(17)30-18(14)20(28)23-7-8-26(2)16-6-4-3-5-15(16)22/h3-6,13H,7-12H2,1-2H3,(H,23,28). The van der Waals surface area contributed by atoms with Crippen LogP contribution in [0.15, 0.2) is 30.6 Å². The molecule has 0 spiro atoms. The van der Waals surface area contributed by atoms with E-state index in [4.69, 9.17) is 4.74 Å². The second kappa shape index (κ2) is 8.93. The Bertz CT molecular complexity index is 1050. The molecule has 9 heteroatoms. The zero-order valence-corrected chi connectivity index (χ0v) is 17.8. The van der Waals surface area contributed by atoms with Crippen molar-refractivity contribution in [3.63, 3.8) is 0 Å². The number of halogens is 1. The quantitative estimate of drug-likeness (QED) is 0.650. The van der Waals surface area contributed by atoms with Crippen molar-refractivity contribution >= 4 is 39.0 Å². The van der Waals surface area contributed by atoms with Crippen LogP contribution in [0.25, 0.3) is 10.2 Å². The first-order valence-corrected chi connectivity index (χ1v) is 10.7. The maximum Gasteiger partial charge on any atom is 0.261 e. The molecule has 1 N–H and O–H groups in total. The lowest BCUT2D eigenvalue weighted by Crippen LogP contribution is -2.37. The molecule has 4 rings (SSSR count). The number of hydrogen-bond acceptors (Lipinski definition) is 7. The number of anilines is 2. The Morgan fingerprint density at radius 2 is 2.07 bits per heavy atom. The summed E-state index contributed by atoms with van der Waals surface area (Å²) in [5, 5.41) is 3.87. The molecular weight excluding hydrogens is 405 g/mol. The molecule has 0 unspecified atom stereocenters. The van der Waals surface area contributed by atoms with E-state index in [1.54, 1.807) is 36.5 Å². The first-order chi connectivity index (χ1) is 14.6. The van der Waals surface area contributed by atoms with Crippen LogP contribution in [-0.2, 0) is 4.74 Å². The number of nitrogens with zero attached hydrogens (tertiary/aromatic N) is 4. The second-order valence-electron chi connectivity index (χ2n) is 7.16. The number of aromatic nitrogens is 2. The largest absolute Gasteiger partial charge is 0.378 e. The van der Waals surface area contributed by atoms with Gasteiger partial charge in [-0.15, -0.1) is 11.3 Å². The van der Waals surface area contributed by atoms with Crippen LogP contribution in [0.4, 0.5) is 15.9 Å². The normalized spacial score (nSPS) is 14.2. The summed E-state index contributed by atoms with van der Waals surface area (Å²) in [6, 6.07) is 6.60. The van der Waals surface area contributed by atoms with Gasteiger partial charge in [0.05, 0.1) is 29.2 Å². The van der Waals surface area contributed by atoms with E-state index < -0.39 is 0 Å². The van der Waals surface area contributed by atoms with Gasteiger partial charge in [0.15, 0.2) is 0 Å². The molecule has 0 radical (unpaired) electrons. The SMILES string of the molecule is Cc1c(C(=O)NCCN(C)c2ccccc2F)sc2ncnc(N3CCOCC3)c12. The number of ether oxygens (including phenoxy) is 1. The van der Waals surface area contributed by atoms with Crippen LogP contribution in [0.5, 0.6) is 0 Å². The molecular formula is C21H24FN5O2S. The Morgan fingerprint density at radius 3 is 2.83 bits per heavy atom. The highest BCUT2D eigenvalue weighted by Crippen LogP contribution is 2.35. The van der Waals surface area contributed by atoms with Crippen molar-refractivity contribution in [1.82, 2.24) is 15.3 Å². The smallest absolute Gasteiger partial charge is 0.261 e. The third-order valence-corrected chi connectivity index (χ3v) is 6.42. The minimum atomic E-state index is -0.277. The lowest BCUT2D eigenvalue weighted by atomic mass is 10.2. The summed E-state index contributed by atoms with van der Waals surface area (Å²) in [5.74, 6) is 0.432. The molecule has 0 bridgehead atoms. The molecule has 0 saturated carbocycles. The third kappa shape index (κ3) is 4.08.